The lowest BCUT2D eigenvalue weighted by Crippen LogP contribution is -2.29. The SMILES string of the molecule is COCc1nc(-c2ccc3c(c2)OC[C@H]3NC(=O)c2cccc([C@H](C)O)c2)no1. The van der Waals surface area contributed by atoms with Crippen LogP contribution in [0.5, 0.6) is 5.75 Å². The van der Waals surface area contributed by atoms with Crippen LogP contribution in [0.2, 0.25) is 0 Å². The van der Waals surface area contributed by atoms with E-state index in [1.165, 1.54) is 0 Å². The lowest BCUT2D eigenvalue weighted by molar-refractivity contribution is 0.0930. The minimum Gasteiger partial charge on any atom is -0.491 e. The quantitative estimate of drug-likeness (QED) is 0.661. The monoisotopic (exact) mass is 395 g/mol. The molecule has 1 aliphatic heterocycles. The fourth-order valence-electron chi connectivity index (χ4n) is 3.20. The first-order valence-electron chi connectivity index (χ1n) is 9.22. The predicted molar refractivity (Wildman–Crippen MR) is 103 cm³/mol. The van der Waals surface area contributed by atoms with E-state index >= 15 is 0 Å². The van der Waals surface area contributed by atoms with E-state index in [1.54, 1.807) is 38.3 Å². The highest BCUT2D eigenvalue weighted by atomic mass is 16.5. The first-order chi connectivity index (χ1) is 14.0. The van der Waals surface area contributed by atoms with Gasteiger partial charge >= 0.3 is 0 Å². The summed E-state index contributed by atoms with van der Waals surface area (Å²) in [6.07, 6.45) is -0.633. The fraction of sp³-hybridized carbons (Fsp3) is 0.286. The van der Waals surface area contributed by atoms with Crippen LogP contribution < -0.4 is 10.1 Å². The molecule has 0 saturated carbocycles. The molecule has 2 atom stereocenters. The summed E-state index contributed by atoms with van der Waals surface area (Å²) in [6.45, 7) is 2.25. The molecule has 0 fully saturated rings. The highest BCUT2D eigenvalue weighted by molar-refractivity contribution is 5.94. The van der Waals surface area contributed by atoms with Gasteiger partial charge in [-0.05, 0) is 30.7 Å². The molecular formula is C21H21N3O5. The summed E-state index contributed by atoms with van der Waals surface area (Å²) in [6, 6.07) is 12.3. The number of nitrogens with one attached hydrogen (secondary N) is 1. The Morgan fingerprint density at radius 2 is 2.21 bits per heavy atom. The van der Waals surface area contributed by atoms with E-state index in [1.807, 2.05) is 18.2 Å². The smallest absolute Gasteiger partial charge is 0.252 e. The zero-order valence-corrected chi connectivity index (χ0v) is 16.1. The number of hydrogen-bond donors (Lipinski definition) is 2. The second kappa shape index (κ2) is 8.02. The standard InChI is InChI=1S/C21H21N3O5/c1-12(25)13-4-3-5-15(8-13)21(26)22-17-10-28-18-9-14(6-7-16(17)18)20-23-19(11-27-2)29-24-20/h3-9,12,17,25H,10-11H2,1-2H3,(H,22,26)/t12-,17+/m0/s1. The van der Waals surface area contributed by atoms with Gasteiger partial charge in [0.2, 0.25) is 5.82 Å². The van der Waals surface area contributed by atoms with Crippen molar-refractivity contribution in [2.24, 2.45) is 0 Å². The summed E-state index contributed by atoms with van der Waals surface area (Å²) < 4.78 is 15.9. The number of nitrogens with zero attached hydrogens (tertiary/aromatic N) is 2. The first kappa shape index (κ1) is 19.1. The number of hydrogen-bond acceptors (Lipinski definition) is 7. The van der Waals surface area contributed by atoms with Crippen LogP contribution in [-0.2, 0) is 11.3 Å². The molecule has 0 radical (unpaired) electrons. The van der Waals surface area contributed by atoms with Crippen molar-refractivity contribution in [3.8, 4) is 17.1 Å². The number of aromatic nitrogens is 2. The van der Waals surface area contributed by atoms with Crippen molar-refractivity contribution >= 4 is 5.91 Å². The van der Waals surface area contributed by atoms with Gasteiger partial charge in [0, 0.05) is 23.8 Å². The van der Waals surface area contributed by atoms with Crippen molar-refractivity contribution in [2.45, 2.75) is 25.7 Å². The summed E-state index contributed by atoms with van der Waals surface area (Å²) >= 11 is 0. The third-order valence-corrected chi connectivity index (χ3v) is 4.73. The molecule has 8 nitrogen and oxygen atoms in total. The Hall–Kier alpha value is -3.23. The largest absolute Gasteiger partial charge is 0.491 e. The molecule has 0 unspecified atom stereocenters. The highest BCUT2D eigenvalue weighted by Crippen LogP contribution is 2.35. The van der Waals surface area contributed by atoms with Gasteiger partial charge in [-0.3, -0.25) is 4.79 Å². The van der Waals surface area contributed by atoms with Crippen LogP contribution in [0.1, 0.15) is 46.4 Å². The Bertz CT molecular complexity index is 1030. The van der Waals surface area contributed by atoms with Gasteiger partial charge in [0.1, 0.15) is 19.0 Å². The average molecular weight is 395 g/mol. The van der Waals surface area contributed by atoms with Gasteiger partial charge in [-0.15, -0.1) is 0 Å². The number of ether oxygens (including phenoxy) is 2. The molecular weight excluding hydrogens is 374 g/mol. The molecule has 0 aliphatic carbocycles. The molecule has 3 aromatic rings. The van der Waals surface area contributed by atoms with Gasteiger partial charge in [0.15, 0.2) is 0 Å². The summed E-state index contributed by atoms with van der Waals surface area (Å²) in [5, 5.41) is 16.7. The number of fused-ring (bicyclic) bond motifs is 1. The Labute approximate surface area is 167 Å². The molecule has 1 aliphatic rings. The Morgan fingerprint density at radius 1 is 1.34 bits per heavy atom. The van der Waals surface area contributed by atoms with Gasteiger partial charge in [-0.1, -0.05) is 29.4 Å². The maximum absolute atomic E-state index is 12.6. The molecule has 4 rings (SSSR count). The number of rotatable bonds is 6. The van der Waals surface area contributed by atoms with E-state index in [0.717, 1.165) is 11.1 Å². The Balaban J connectivity index is 1.50. The fourth-order valence-corrected chi connectivity index (χ4v) is 3.20. The number of benzene rings is 2. The number of carbonyl (C=O) groups is 1. The molecule has 2 aromatic carbocycles. The van der Waals surface area contributed by atoms with E-state index < -0.39 is 6.10 Å². The summed E-state index contributed by atoms with van der Waals surface area (Å²) in [5.74, 6) is 1.29. The summed E-state index contributed by atoms with van der Waals surface area (Å²) in [4.78, 5) is 16.9. The van der Waals surface area contributed by atoms with Crippen molar-refractivity contribution in [2.75, 3.05) is 13.7 Å². The Morgan fingerprint density at radius 3 is 3.00 bits per heavy atom. The number of methoxy groups -OCH3 is 1. The number of aliphatic hydroxyl groups excluding tert-OH is 1. The van der Waals surface area contributed by atoms with Gasteiger partial charge in [0.05, 0.1) is 12.1 Å². The van der Waals surface area contributed by atoms with Crippen LogP contribution in [0, 0.1) is 0 Å². The zero-order valence-electron chi connectivity index (χ0n) is 16.1. The van der Waals surface area contributed by atoms with E-state index in [9.17, 15) is 9.90 Å². The van der Waals surface area contributed by atoms with Gasteiger partial charge in [-0.25, -0.2) is 0 Å². The second-order valence-corrected chi connectivity index (χ2v) is 6.84. The maximum atomic E-state index is 12.6. The molecule has 8 heteroatoms. The van der Waals surface area contributed by atoms with Gasteiger partial charge in [-0.2, -0.15) is 4.98 Å². The van der Waals surface area contributed by atoms with Crippen LogP contribution >= 0.6 is 0 Å². The molecule has 150 valence electrons. The van der Waals surface area contributed by atoms with Crippen LogP contribution in [0.25, 0.3) is 11.4 Å². The van der Waals surface area contributed by atoms with Gasteiger partial charge in [0.25, 0.3) is 11.8 Å². The van der Waals surface area contributed by atoms with Crippen LogP contribution in [-0.4, -0.2) is 34.9 Å². The van der Waals surface area contributed by atoms with Crippen LogP contribution in [0.4, 0.5) is 0 Å². The molecule has 29 heavy (non-hydrogen) atoms. The van der Waals surface area contributed by atoms with Gasteiger partial charge < -0.3 is 24.4 Å². The minimum absolute atomic E-state index is 0.222. The molecule has 2 N–H and O–H groups in total. The molecule has 2 heterocycles. The lowest BCUT2D eigenvalue weighted by Gasteiger charge is -2.13. The van der Waals surface area contributed by atoms with E-state index in [-0.39, 0.29) is 18.6 Å². The van der Waals surface area contributed by atoms with E-state index in [2.05, 4.69) is 15.5 Å². The second-order valence-electron chi connectivity index (χ2n) is 6.84. The number of carbonyl (C=O) groups excluding carboxylic acids is 1. The highest BCUT2D eigenvalue weighted by Gasteiger charge is 2.27. The van der Waals surface area contributed by atoms with Crippen LogP contribution in [0.3, 0.4) is 0 Å². The van der Waals surface area contributed by atoms with Crippen molar-refractivity contribution in [1.82, 2.24) is 15.5 Å². The topological polar surface area (TPSA) is 107 Å². The average Bonchev–Trinajstić information content (AvgIpc) is 3.35. The normalized spacial score (nSPS) is 16.2. The molecule has 1 amide bonds. The summed E-state index contributed by atoms with van der Waals surface area (Å²) in [7, 11) is 1.56. The first-order valence-corrected chi connectivity index (χ1v) is 9.22. The Kier molecular flexibility index (Phi) is 5.28. The molecule has 1 aromatic heterocycles. The van der Waals surface area contributed by atoms with E-state index in [0.29, 0.717) is 35.2 Å². The van der Waals surface area contributed by atoms with Crippen molar-refractivity contribution in [3.05, 3.63) is 65.0 Å². The molecule has 0 saturated heterocycles. The zero-order chi connectivity index (χ0) is 20.4. The van der Waals surface area contributed by atoms with Crippen molar-refractivity contribution in [1.29, 1.82) is 0 Å². The lowest BCUT2D eigenvalue weighted by atomic mass is 10.0. The van der Waals surface area contributed by atoms with Crippen molar-refractivity contribution < 1.29 is 23.9 Å². The third kappa shape index (κ3) is 3.98. The van der Waals surface area contributed by atoms with Crippen LogP contribution in [0.15, 0.2) is 47.0 Å². The predicted octanol–water partition coefficient (Wildman–Crippen LogP) is 2.80. The minimum atomic E-state index is -0.633. The van der Waals surface area contributed by atoms with Crippen molar-refractivity contribution in [3.63, 3.8) is 0 Å². The van der Waals surface area contributed by atoms with E-state index in [4.69, 9.17) is 14.0 Å². The number of aliphatic hydroxyl groups is 1. The third-order valence-electron chi connectivity index (χ3n) is 4.73. The maximum Gasteiger partial charge on any atom is 0.252 e. The molecule has 0 spiro atoms. The molecule has 0 bridgehead atoms. The number of amides is 1. The summed E-state index contributed by atoms with van der Waals surface area (Å²) in [5.41, 5.74) is 2.82.